The lowest BCUT2D eigenvalue weighted by atomic mass is 10.00. The van der Waals surface area contributed by atoms with Crippen LogP contribution in [0.5, 0.6) is 5.75 Å². The lowest BCUT2D eigenvalue weighted by Gasteiger charge is -2.35. The molecule has 3 N–H and O–H groups in total. The number of piperidine rings is 1. The minimum Gasteiger partial charge on any atom is -0.497 e. The Bertz CT molecular complexity index is 697. The summed E-state index contributed by atoms with van der Waals surface area (Å²) in [5.41, 5.74) is 7.71. The van der Waals surface area contributed by atoms with Crippen LogP contribution in [0, 0.1) is 0 Å². The molecule has 1 fully saturated rings. The molecule has 1 amide bonds. The fraction of sp³-hybridized carbons (Fsp3) is 0.350. The van der Waals surface area contributed by atoms with Crippen molar-refractivity contribution in [1.82, 2.24) is 5.32 Å². The zero-order valence-electron chi connectivity index (χ0n) is 14.5. The average molecular weight is 339 g/mol. The van der Waals surface area contributed by atoms with Crippen LogP contribution in [0.25, 0.3) is 0 Å². The molecule has 1 aliphatic rings. The minimum absolute atomic E-state index is 0.277. The van der Waals surface area contributed by atoms with Gasteiger partial charge in [-0.05, 0) is 30.5 Å². The predicted octanol–water partition coefficient (Wildman–Crippen LogP) is 2.48. The van der Waals surface area contributed by atoms with Crippen molar-refractivity contribution < 1.29 is 9.53 Å². The van der Waals surface area contributed by atoms with E-state index in [1.165, 1.54) is 5.69 Å². The number of nitrogens with two attached hydrogens (primary N) is 1. The summed E-state index contributed by atoms with van der Waals surface area (Å²) < 4.78 is 5.30. The number of amides is 1. The number of rotatable bonds is 6. The van der Waals surface area contributed by atoms with E-state index in [0.29, 0.717) is 0 Å². The molecule has 5 nitrogen and oxygen atoms in total. The summed E-state index contributed by atoms with van der Waals surface area (Å²) in [5.74, 6) is 0.539. The Morgan fingerprint density at radius 3 is 2.52 bits per heavy atom. The molecular formula is C20H25N3O2. The SMILES string of the molecule is COc1cccc(N2CCC(N[C@@H](C(N)=O)c3ccccc3)CC2)c1. The first-order valence-corrected chi connectivity index (χ1v) is 8.66. The van der Waals surface area contributed by atoms with E-state index in [4.69, 9.17) is 10.5 Å². The maximum Gasteiger partial charge on any atom is 0.239 e. The van der Waals surface area contributed by atoms with Gasteiger partial charge in [-0.25, -0.2) is 0 Å². The number of hydrogen-bond donors (Lipinski definition) is 2. The van der Waals surface area contributed by atoms with Gasteiger partial charge >= 0.3 is 0 Å². The third-order valence-electron chi connectivity index (χ3n) is 4.73. The third kappa shape index (κ3) is 4.31. The van der Waals surface area contributed by atoms with Crippen molar-refractivity contribution in [1.29, 1.82) is 0 Å². The van der Waals surface area contributed by atoms with Crippen LogP contribution in [0.3, 0.4) is 0 Å². The maximum atomic E-state index is 11.9. The third-order valence-corrected chi connectivity index (χ3v) is 4.73. The topological polar surface area (TPSA) is 67.6 Å². The second kappa shape index (κ2) is 8.03. The first kappa shape index (κ1) is 17.3. The molecule has 0 spiro atoms. The second-order valence-corrected chi connectivity index (χ2v) is 6.38. The summed E-state index contributed by atoms with van der Waals surface area (Å²) in [6.07, 6.45) is 1.93. The van der Waals surface area contributed by atoms with Crippen LogP contribution >= 0.6 is 0 Å². The van der Waals surface area contributed by atoms with E-state index in [1.54, 1.807) is 7.11 Å². The van der Waals surface area contributed by atoms with Gasteiger partial charge in [0, 0.05) is 30.9 Å². The molecule has 0 saturated carbocycles. The van der Waals surface area contributed by atoms with Crippen molar-refractivity contribution in [2.24, 2.45) is 5.73 Å². The van der Waals surface area contributed by atoms with Gasteiger partial charge in [0.15, 0.2) is 0 Å². The summed E-state index contributed by atoms with van der Waals surface area (Å²) >= 11 is 0. The van der Waals surface area contributed by atoms with E-state index in [2.05, 4.69) is 22.3 Å². The highest BCUT2D eigenvalue weighted by Crippen LogP contribution is 2.25. The van der Waals surface area contributed by atoms with Gasteiger partial charge < -0.3 is 15.4 Å². The van der Waals surface area contributed by atoms with Crippen molar-refractivity contribution in [3.05, 3.63) is 60.2 Å². The van der Waals surface area contributed by atoms with Gasteiger partial charge in [-0.15, -0.1) is 0 Å². The van der Waals surface area contributed by atoms with Crippen LogP contribution in [0.2, 0.25) is 0 Å². The summed E-state index contributed by atoms with van der Waals surface area (Å²) in [5, 5.41) is 3.44. The van der Waals surface area contributed by atoms with Crippen molar-refractivity contribution in [3.63, 3.8) is 0 Å². The highest BCUT2D eigenvalue weighted by Gasteiger charge is 2.25. The van der Waals surface area contributed by atoms with Crippen LogP contribution < -0.4 is 20.7 Å². The monoisotopic (exact) mass is 339 g/mol. The van der Waals surface area contributed by atoms with Gasteiger partial charge in [0.25, 0.3) is 0 Å². The Morgan fingerprint density at radius 2 is 1.88 bits per heavy atom. The summed E-state index contributed by atoms with van der Waals surface area (Å²) in [7, 11) is 1.68. The number of carbonyl (C=O) groups is 1. The Kier molecular flexibility index (Phi) is 5.56. The van der Waals surface area contributed by atoms with Crippen LogP contribution in [0.4, 0.5) is 5.69 Å². The average Bonchev–Trinajstić information content (AvgIpc) is 2.67. The zero-order valence-corrected chi connectivity index (χ0v) is 14.5. The van der Waals surface area contributed by atoms with E-state index in [1.807, 2.05) is 42.5 Å². The van der Waals surface area contributed by atoms with Crippen molar-refractivity contribution >= 4 is 11.6 Å². The molecule has 2 aromatic rings. The molecular weight excluding hydrogens is 314 g/mol. The van der Waals surface area contributed by atoms with Gasteiger partial charge in [-0.2, -0.15) is 0 Å². The van der Waals surface area contributed by atoms with E-state index < -0.39 is 6.04 Å². The number of carbonyl (C=O) groups excluding carboxylic acids is 1. The molecule has 132 valence electrons. The number of benzene rings is 2. The lowest BCUT2D eigenvalue weighted by molar-refractivity contribution is -0.120. The van der Waals surface area contributed by atoms with Crippen LogP contribution in [0.15, 0.2) is 54.6 Å². The number of ether oxygens (including phenoxy) is 1. The van der Waals surface area contributed by atoms with Gasteiger partial charge in [-0.3, -0.25) is 10.1 Å². The molecule has 1 heterocycles. The minimum atomic E-state index is -0.436. The molecule has 0 bridgehead atoms. The van der Waals surface area contributed by atoms with E-state index in [-0.39, 0.29) is 11.9 Å². The van der Waals surface area contributed by atoms with Crippen molar-refractivity contribution in [2.75, 3.05) is 25.1 Å². The number of nitrogens with zero attached hydrogens (tertiary/aromatic N) is 1. The first-order chi connectivity index (χ1) is 12.2. The fourth-order valence-electron chi connectivity index (χ4n) is 3.34. The molecule has 1 atom stereocenters. The molecule has 0 aromatic heterocycles. The second-order valence-electron chi connectivity index (χ2n) is 6.38. The number of hydrogen-bond acceptors (Lipinski definition) is 4. The van der Waals surface area contributed by atoms with E-state index >= 15 is 0 Å². The Morgan fingerprint density at radius 1 is 1.16 bits per heavy atom. The maximum absolute atomic E-state index is 11.9. The van der Waals surface area contributed by atoms with Crippen molar-refractivity contribution in [2.45, 2.75) is 24.9 Å². The zero-order chi connectivity index (χ0) is 17.6. The van der Waals surface area contributed by atoms with E-state index in [9.17, 15) is 4.79 Å². The molecule has 1 saturated heterocycles. The number of methoxy groups -OCH3 is 1. The van der Waals surface area contributed by atoms with Gasteiger partial charge in [0.05, 0.1) is 7.11 Å². The normalized spacial score (nSPS) is 16.4. The summed E-state index contributed by atoms with van der Waals surface area (Å²) in [6, 6.07) is 17.6. The molecule has 3 rings (SSSR count). The molecule has 2 aromatic carbocycles. The summed E-state index contributed by atoms with van der Waals surface area (Å²) in [6.45, 7) is 1.87. The van der Waals surface area contributed by atoms with Crippen LogP contribution in [0.1, 0.15) is 24.4 Å². The van der Waals surface area contributed by atoms with Gasteiger partial charge in [0.1, 0.15) is 11.8 Å². The quantitative estimate of drug-likeness (QED) is 0.848. The molecule has 25 heavy (non-hydrogen) atoms. The fourth-order valence-corrected chi connectivity index (χ4v) is 3.34. The Balaban J connectivity index is 1.60. The number of anilines is 1. The predicted molar refractivity (Wildman–Crippen MR) is 99.7 cm³/mol. The molecule has 0 radical (unpaired) electrons. The van der Waals surface area contributed by atoms with Gasteiger partial charge in [-0.1, -0.05) is 36.4 Å². The highest BCUT2D eigenvalue weighted by atomic mass is 16.5. The lowest BCUT2D eigenvalue weighted by Crippen LogP contribution is -2.46. The van der Waals surface area contributed by atoms with Crippen molar-refractivity contribution in [3.8, 4) is 5.75 Å². The van der Waals surface area contributed by atoms with Gasteiger partial charge in [0.2, 0.25) is 5.91 Å². The standard InChI is InChI=1S/C20H25N3O2/c1-25-18-9-5-8-17(14-18)23-12-10-16(11-13-23)22-19(20(21)24)15-6-3-2-4-7-15/h2-9,14,16,19,22H,10-13H2,1H3,(H2,21,24)/t19-/m1/s1. The largest absolute Gasteiger partial charge is 0.497 e. The van der Waals surface area contributed by atoms with Crippen LogP contribution in [-0.2, 0) is 4.79 Å². The highest BCUT2D eigenvalue weighted by molar-refractivity contribution is 5.81. The molecule has 0 unspecified atom stereocenters. The Hall–Kier alpha value is -2.53. The van der Waals surface area contributed by atoms with E-state index in [0.717, 1.165) is 37.2 Å². The Labute approximate surface area is 148 Å². The number of nitrogens with one attached hydrogen (secondary N) is 1. The molecule has 0 aliphatic carbocycles. The molecule has 1 aliphatic heterocycles. The number of primary amides is 1. The molecule has 5 heteroatoms. The summed E-state index contributed by atoms with van der Waals surface area (Å²) in [4.78, 5) is 14.2. The smallest absolute Gasteiger partial charge is 0.239 e. The first-order valence-electron chi connectivity index (χ1n) is 8.66. The van der Waals surface area contributed by atoms with Crippen LogP contribution in [-0.4, -0.2) is 32.1 Å².